The molecule has 1 saturated heterocycles. The minimum atomic E-state index is -1.16. The van der Waals surface area contributed by atoms with Crippen molar-refractivity contribution in [3.8, 4) is 0 Å². The summed E-state index contributed by atoms with van der Waals surface area (Å²) in [5, 5.41) is 14.1. The van der Waals surface area contributed by atoms with Gasteiger partial charge in [0.2, 0.25) is 11.8 Å². The molecule has 32 heavy (non-hydrogen) atoms. The molecule has 1 aliphatic rings. The van der Waals surface area contributed by atoms with Crippen LogP contribution in [0.2, 0.25) is 0 Å². The Balaban J connectivity index is 2.17. The third-order valence-electron chi connectivity index (χ3n) is 5.50. The topological polar surface area (TPSA) is 125 Å². The monoisotopic (exact) mass is 447 g/mol. The summed E-state index contributed by atoms with van der Waals surface area (Å²) in [7, 11) is 0. The van der Waals surface area contributed by atoms with Crippen molar-refractivity contribution in [2.24, 2.45) is 0 Å². The normalized spacial score (nSPS) is 17.6. The second kappa shape index (κ2) is 10.0. The van der Waals surface area contributed by atoms with Crippen LogP contribution in [0.4, 0.5) is 4.79 Å². The van der Waals surface area contributed by atoms with Crippen LogP contribution >= 0.6 is 0 Å². The highest BCUT2D eigenvalue weighted by Crippen LogP contribution is 2.36. The van der Waals surface area contributed by atoms with Crippen molar-refractivity contribution in [1.29, 1.82) is 0 Å². The summed E-state index contributed by atoms with van der Waals surface area (Å²) in [4.78, 5) is 50.8. The number of piperidine rings is 1. The molecule has 0 aliphatic carbocycles. The van der Waals surface area contributed by atoms with E-state index < -0.39 is 41.1 Å². The summed E-state index contributed by atoms with van der Waals surface area (Å²) in [6.07, 6.45) is 0.305. The Morgan fingerprint density at radius 2 is 1.56 bits per heavy atom. The number of aliphatic carboxylic acids is 1. The van der Waals surface area contributed by atoms with Crippen molar-refractivity contribution < 1.29 is 29.0 Å². The summed E-state index contributed by atoms with van der Waals surface area (Å²) in [6.45, 7) is 8.92. The van der Waals surface area contributed by atoms with Crippen molar-refractivity contribution in [3.05, 3.63) is 35.9 Å². The Morgan fingerprint density at radius 1 is 1.00 bits per heavy atom. The van der Waals surface area contributed by atoms with Gasteiger partial charge in [-0.1, -0.05) is 30.3 Å². The fourth-order valence-electron chi connectivity index (χ4n) is 3.60. The number of carbonyl (C=O) groups is 4. The van der Waals surface area contributed by atoms with Gasteiger partial charge in [0.25, 0.3) is 0 Å². The van der Waals surface area contributed by atoms with E-state index in [0.29, 0.717) is 25.9 Å². The number of carbonyl (C=O) groups excluding carboxylic acids is 3. The average molecular weight is 448 g/mol. The lowest BCUT2D eigenvalue weighted by atomic mass is 9.72. The number of rotatable bonds is 6. The van der Waals surface area contributed by atoms with Crippen molar-refractivity contribution in [3.63, 3.8) is 0 Å². The predicted molar refractivity (Wildman–Crippen MR) is 118 cm³/mol. The highest BCUT2D eigenvalue weighted by molar-refractivity contribution is 5.94. The summed E-state index contributed by atoms with van der Waals surface area (Å²) < 4.78 is 5.45. The molecule has 1 fully saturated rings. The Kier molecular flexibility index (Phi) is 7.87. The number of hydrogen-bond donors (Lipinski definition) is 3. The number of hydrogen-bond acceptors (Lipinski definition) is 5. The first-order valence-electron chi connectivity index (χ1n) is 10.7. The molecule has 0 radical (unpaired) electrons. The number of carboxylic acid groups (broad SMARTS) is 1. The van der Waals surface area contributed by atoms with Crippen molar-refractivity contribution in [2.45, 2.75) is 70.6 Å². The number of ether oxygens (including phenoxy) is 1. The van der Waals surface area contributed by atoms with Gasteiger partial charge in [-0.05, 0) is 53.0 Å². The van der Waals surface area contributed by atoms with E-state index in [1.54, 1.807) is 25.7 Å². The summed E-state index contributed by atoms with van der Waals surface area (Å²) >= 11 is 0. The SMILES string of the molecule is C[C@H](NC(=O)[C@@H](C)NC(=O)C1(c2ccccc2)CCN(C(=O)OC(C)(C)C)CC1)C(=O)O. The molecule has 1 aromatic carbocycles. The molecule has 176 valence electrons. The van der Waals surface area contributed by atoms with Crippen molar-refractivity contribution in [2.75, 3.05) is 13.1 Å². The van der Waals surface area contributed by atoms with Crippen molar-refractivity contribution >= 4 is 23.9 Å². The summed E-state index contributed by atoms with van der Waals surface area (Å²) in [6, 6.07) is 7.27. The molecule has 0 spiro atoms. The minimum Gasteiger partial charge on any atom is -0.480 e. The van der Waals surface area contributed by atoms with Crippen LogP contribution in [0.15, 0.2) is 30.3 Å². The number of carboxylic acids is 1. The molecule has 2 rings (SSSR count). The summed E-state index contributed by atoms with van der Waals surface area (Å²) in [5.74, 6) is -2.08. The zero-order valence-electron chi connectivity index (χ0n) is 19.3. The average Bonchev–Trinajstić information content (AvgIpc) is 2.72. The first-order chi connectivity index (χ1) is 14.9. The Morgan fingerprint density at radius 3 is 2.06 bits per heavy atom. The van der Waals surface area contributed by atoms with Gasteiger partial charge < -0.3 is 25.4 Å². The van der Waals surface area contributed by atoms with Crippen LogP contribution in [0.1, 0.15) is 53.0 Å². The number of benzene rings is 1. The van der Waals surface area contributed by atoms with Gasteiger partial charge in [0, 0.05) is 13.1 Å². The van der Waals surface area contributed by atoms with E-state index in [1.165, 1.54) is 13.8 Å². The van der Waals surface area contributed by atoms with E-state index in [2.05, 4.69) is 10.6 Å². The number of nitrogens with zero attached hydrogens (tertiary/aromatic N) is 1. The molecule has 2 atom stereocenters. The van der Waals surface area contributed by atoms with E-state index in [9.17, 15) is 19.2 Å². The fraction of sp³-hybridized carbons (Fsp3) is 0.565. The molecule has 0 unspecified atom stereocenters. The number of likely N-dealkylation sites (tertiary alicyclic amines) is 1. The van der Waals surface area contributed by atoms with Crippen LogP contribution < -0.4 is 10.6 Å². The Labute approximate surface area is 188 Å². The maximum atomic E-state index is 13.4. The van der Waals surface area contributed by atoms with Crippen LogP contribution in [0.25, 0.3) is 0 Å². The second-order valence-electron chi connectivity index (χ2n) is 9.18. The van der Waals surface area contributed by atoms with Gasteiger partial charge >= 0.3 is 12.1 Å². The van der Waals surface area contributed by atoms with Gasteiger partial charge in [0.1, 0.15) is 17.7 Å². The van der Waals surface area contributed by atoms with Gasteiger partial charge in [-0.2, -0.15) is 0 Å². The lowest BCUT2D eigenvalue weighted by Crippen LogP contribution is -2.57. The molecule has 3 N–H and O–H groups in total. The lowest BCUT2D eigenvalue weighted by molar-refractivity contribution is -0.141. The van der Waals surface area contributed by atoms with E-state index in [4.69, 9.17) is 9.84 Å². The van der Waals surface area contributed by atoms with Gasteiger partial charge in [-0.25, -0.2) is 4.79 Å². The molecule has 0 saturated carbocycles. The van der Waals surface area contributed by atoms with E-state index in [1.807, 2.05) is 30.3 Å². The third kappa shape index (κ3) is 6.21. The first kappa shape index (κ1) is 25.2. The molecule has 0 bridgehead atoms. The fourth-order valence-corrected chi connectivity index (χ4v) is 3.60. The predicted octanol–water partition coefficient (Wildman–Crippen LogP) is 2.05. The molecule has 3 amide bonds. The second-order valence-corrected chi connectivity index (χ2v) is 9.18. The van der Waals surface area contributed by atoms with Gasteiger partial charge in [0.05, 0.1) is 5.41 Å². The zero-order chi connectivity index (χ0) is 24.1. The maximum absolute atomic E-state index is 13.4. The van der Waals surface area contributed by atoms with Gasteiger partial charge in [-0.15, -0.1) is 0 Å². The maximum Gasteiger partial charge on any atom is 0.410 e. The van der Waals surface area contributed by atoms with Crippen LogP contribution in [0.3, 0.4) is 0 Å². The van der Waals surface area contributed by atoms with Crippen LogP contribution in [0, 0.1) is 0 Å². The minimum absolute atomic E-state index is 0.327. The van der Waals surface area contributed by atoms with Crippen LogP contribution in [-0.4, -0.2) is 64.7 Å². The lowest BCUT2D eigenvalue weighted by Gasteiger charge is -2.41. The molecule has 1 aromatic rings. The highest BCUT2D eigenvalue weighted by atomic mass is 16.6. The van der Waals surface area contributed by atoms with Gasteiger partial charge in [0.15, 0.2) is 0 Å². The van der Waals surface area contributed by atoms with Crippen LogP contribution in [-0.2, 0) is 24.5 Å². The van der Waals surface area contributed by atoms with Crippen LogP contribution in [0.5, 0.6) is 0 Å². The largest absolute Gasteiger partial charge is 0.480 e. The first-order valence-corrected chi connectivity index (χ1v) is 10.7. The zero-order valence-corrected chi connectivity index (χ0v) is 19.3. The number of amides is 3. The number of nitrogens with one attached hydrogen (secondary N) is 2. The smallest absolute Gasteiger partial charge is 0.410 e. The highest BCUT2D eigenvalue weighted by Gasteiger charge is 2.45. The molecule has 1 heterocycles. The van der Waals surface area contributed by atoms with Crippen molar-refractivity contribution in [1.82, 2.24) is 15.5 Å². The molecular formula is C23H33N3O6. The molecule has 0 aromatic heterocycles. The Hall–Kier alpha value is -3.10. The van der Waals surface area contributed by atoms with Gasteiger partial charge in [-0.3, -0.25) is 14.4 Å². The quantitative estimate of drug-likeness (QED) is 0.613. The third-order valence-corrected chi connectivity index (χ3v) is 5.50. The molecular weight excluding hydrogens is 414 g/mol. The van der Waals surface area contributed by atoms with E-state index in [0.717, 1.165) is 5.56 Å². The summed E-state index contributed by atoms with van der Waals surface area (Å²) in [5.41, 5.74) is -0.738. The van der Waals surface area contributed by atoms with E-state index >= 15 is 0 Å². The standard InChI is InChI=1S/C23H33N3O6/c1-15(18(27)24-16(2)19(28)29)25-20(30)23(17-9-7-6-8-10-17)11-13-26(14-12-23)21(31)32-22(3,4)5/h6-10,15-16H,11-14H2,1-5H3,(H,24,27)(H,25,30)(H,28,29)/t15-,16+/m1/s1. The molecule has 1 aliphatic heterocycles. The molecule has 9 nitrogen and oxygen atoms in total. The molecule has 9 heteroatoms. The Bertz CT molecular complexity index is 841. The van der Waals surface area contributed by atoms with E-state index in [-0.39, 0.29) is 5.91 Å².